The maximum absolute atomic E-state index is 12.6. The Morgan fingerprint density at radius 2 is 1.69 bits per heavy atom. The topological polar surface area (TPSA) is 64.3 Å². The highest BCUT2D eigenvalue weighted by Crippen LogP contribution is 2.27. The van der Waals surface area contributed by atoms with Crippen LogP contribution < -0.4 is 9.64 Å². The quantitative estimate of drug-likeness (QED) is 0.564. The number of aromatic amines is 1. The van der Waals surface area contributed by atoms with Crippen LogP contribution in [0.15, 0.2) is 54.7 Å². The second-order valence-electron chi connectivity index (χ2n) is 9.27. The van der Waals surface area contributed by atoms with Gasteiger partial charge in [-0.3, -0.25) is 9.80 Å². The van der Waals surface area contributed by atoms with E-state index in [1.807, 2.05) is 23.2 Å². The molecule has 0 atom stereocenters. The second kappa shape index (κ2) is 11.0. The Hall–Kier alpha value is -3.23. The number of amides is 1. The number of ether oxygens (including phenoxy) is 2. The molecule has 8 nitrogen and oxygen atoms in total. The summed E-state index contributed by atoms with van der Waals surface area (Å²) in [5.41, 5.74) is 3.64. The lowest BCUT2D eigenvalue weighted by Crippen LogP contribution is -2.50. The number of methoxy groups -OCH3 is 1. The van der Waals surface area contributed by atoms with E-state index in [0.717, 1.165) is 63.6 Å². The number of rotatable bonds is 7. The normalized spacial score (nSPS) is 17.6. The fraction of sp³-hybridized carbons (Fsp3) is 0.444. The molecule has 2 saturated heterocycles. The fourth-order valence-electron chi connectivity index (χ4n) is 5.03. The standard InChI is InChI=1S/C27H35N5O3/c1-34-23-5-2-4-22(20-23)21-30-12-10-29(11-13-30)18-19-35-27(33)32-16-14-31(15-17-32)26-7-3-6-25-24(26)8-9-28-25/h2-9,20,28H,10-19,21H2,1H3. The number of nitrogens with zero attached hydrogens (tertiary/aromatic N) is 4. The van der Waals surface area contributed by atoms with Gasteiger partial charge in [0.15, 0.2) is 0 Å². The first-order chi connectivity index (χ1) is 17.2. The van der Waals surface area contributed by atoms with Crippen LogP contribution in [0.4, 0.5) is 10.5 Å². The third kappa shape index (κ3) is 5.71. The molecular weight excluding hydrogens is 442 g/mol. The van der Waals surface area contributed by atoms with Gasteiger partial charge in [-0.05, 0) is 35.9 Å². The predicted octanol–water partition coefficient (Wildman–Crippen LogP) is 3.25. The number of carbonyl (C=O) groups is 1. The molecule has 2 aliphatic heterocycles. The largest absolute Gasteiger partial charge is 0.497 e. The molecular formula is C27H35N5O3. The number of anilines is 1. The number of H-pyrrole nitrogens is 1. The molecule has 0 unspecified atom stereocenters. The van der Waals surface area contributed by atoms with Crippen LogP contribution in [0.5, 0.6) is 5.75 Å². The summed E-state index contributed by atoms with van der Waals surface area (Å²) in [5.74, 6) is 0.905. The number of fused-ring (bicyclic) bond motifs is 1. The minimum absolute atomic E-state index is 0.193. The molecule has 2 aromatic carbocycles. The van der Waals surface area contributed by atoms with Crippen molar-refractivity contribution >= 4 is 22.7 Å². The Balaban J connectivity index is 1.00. The first-order valence-corrected chi connectivity index (χ1v) is 12.5. The van der Waals surface area contributed by atoms with Crippen LogP contribution in [0.2, 0.25) is 0 Å². The molecule has 35 heavy (non-hydrogen) atoms. The van der Waals surface area contributed by atoms with Gasteiger partial charge in [-0.25, -0.2) is 4.79 Å². The summed E-state index contributed by atoms with van der Waals surface area (Å²) in [6.07, 6.45) is 1.78. The average Bonchev–Trinajstić information content (AvgIpc) is 3.39. The van der Waals surface area contributed by atoms with Crippen LogP contribution in [-0.4, -0.2) is 98.4 Å². The summed E-state index contributed by atoms with van der Waals surface area (Å²) in [5, 5.41) is 1.23. The van der Waals surface area contributed by atoms with E-state index in [2.05, 4.69) is 56.1 Å². The number of carbonyl (C=O) groups excluding carboxylic acids is 1. The maximum atomic E-state index is 12.6. The van der Waals surface area contributed by atoms with E-state index in [0.29, 0.717) is 19.7 Å². The molecule has 186 valence electrons. The monoisotopic (exact) mass is 477 g/mol. The lowest BCUT2D eigenvalue weighted by molar-refractivity contribution is 0.0726. The molecule has 1 N–H and O–H groups in total. The van der Waals surface area contributed by atoms with E-state index in [4.69, 9.17) is 9.47 Å². The van der Waals surface area contributed by atoms with Crippen LogP contribution in [0.25, 0.3) is 10.9 Å². The van der Waals surface area contributed by atoms with E-state index in [9.17, 15) is 4.79 Å². The van der Waals surface area contributed by atoms with Gasteiger partial charge in [0.25, 0.3) is 0 Å². The molecule has 3 aromatic rings. The summed E-state index contributed by atoms with van der Waals surface area (Å²) < 4.78 is 11.0. The van der Waals surface area contributed by atoms with Gasteiger partial charge < -0.3 is 24.3 Å². The van der Waals surface area contributed by atoms with E-state index in [1.54, 1.807) is 7.11 Å². The zero-order valence-electron chi connectivity index (χ0n) is 20.5. The smallest absolute Gasteiger partial charge is 0.409 e. The Labute approximate surface area is 207 Å². The van der Waals surface area contributed by atoms with Gasteiger partial charge in [-0.2, -0.15) is 0 Å². The Kier molecular flexibility index (Phi) is 7.39. The van der Waals surface area contributed by atoms with Gasteiger partial charge >= 0.3 is 6.09 Å². The average molecular weight is 478 g/mol. The molecule has 1 aromatic heterocycles. The Morgan fingerprint density at radius 1 is 0.914 bits per heavy atom. The van der Waals surface area contributed by atoms with Crippen molar-refractivity contribution in [3.05, 3.63) is 60.3 Å². The lowest BCUT2D eigenvalue weighted by atomic mass is 10.2. The third-order valence-electron chi connectivity index (χ3n) is 7.09. The number of benzene rings is 2. The van der Waals surface area contributed by atoms with Gasteiger partial charge in [0, 0.05) is 88.2 Å². The van der Waals surface area contributed by atoms with E-state index in [-0.39, 0.29) is 6.09 Å². The van der Waals surface area contributed by atoms with Crippen LogP contribution in [0.3, 0.4) is 0 Å². The number of aromatic nitrogens is 1. The van der Waals surface area contributed by atoms with Crippen LogP contribution in [0.1, 0.15) is 5.56 Å². The third-order valence-corrected chi connectivity index (χ3v) is 7.09. The van der Waals surface area contributed by atoms with E-state index < -0.39 is 0 Å². The first kappa shape index (κ1) is 23.5. The zero-order chi connectivity index (χ0) is 24.0. The van der Waals surface area contributed by atoms with Gasteiger partial charge in [-0.1, -0.05) is 18.2 Å². The van der Waals surface area contributed by atoms with Gasteiger partial charge in [0.05, 0.1) is 7.11 Å². The van der Waals surface area contributed by atoms with Crippen molar-refractivity contribution in [1.82, 2.24) is 19.7 Å². The fourth-order valence-corrected chi connectivity index (χ4v) is 5.03. The zero-order valence-corrected chi connectivity index (χ0v) is 20.5. The molecule has 0 aliphatic carbocycles. The highest BCUT2D eigenvalue weighted by Gasteiger charge is 2.24. The van der Waals surface area contributed by atoms with Crippen molar-refractivity contribution < 1.29 is 14.3 Å². The van der Waals surface area contributed by atoms with E-state index >= 15 is 0 Å². The van der Waals surface area contributed by atoms with Crippen molar-refractivity contribution in [2.45, 2.75) is 6.54 Å². The summed E-state index contributed by atoms with van der Waals surface area (Å²) in [6, 6.07) is 16.7. The van der Waals surface area contributed by atoms with Crippen molar-refractivity contribution in [3.63, 3.8) is 0 Å². The van der Waals surface area contributed by atoms with Crippen LogP contribution >= 0.6 is 0 Å². The second-order valence-corrected chi connectivity index (χ2v) is 9.27. The molecule has 2 fully saturated rings. The molecule has 1 amide bonds. The van der Waals surface area contributed by atoms with Crippen molar-refractivity contribution in [2.75, 3.05) is 77.5 Å². The Morgan fingerprint density at radius 3 is 2.49 bits per heavy atom. The van der Waals surface area contributed by atoms with Crippen LogP contribution in [-0.2, 0) is 11.3 Å². The minimum Gasteiger partial charge on any atom is -0.497 e. The number of hydrogen-bond donors (Lipinski definition) is 1. The highest BCUT2D eigenvalue weighted by atomic mass is 16.6. The minimum atomic E-state index is -0.193. The summed E-state index contributed by atoms with van der Waals surface area (Å²) >= 11 is 0. The first-order valence-electron chi connectivity index (χ1n) is 12.5. The summed E-state index contributed by atoms with van der Waals surface area (Å²) in [7, 11) is 1.70. The van der Waals surface area contributed by atoms with Crippen molar-refractivity contribution in [1.29, 1.82) is 0 Å². The summed E-state index contributed by atoms with van der Waals surface area (Å²) in [4.78, 5) is 24.9. The van der Waals surface area contributed by atoms with Gasteiger partial charge in [-0.15, -0.1) is 0 Å². The molecule has 0 bridgehead atoms. The van der Waals surface area contributed by atoms with E-state index in [1.165, 1.54) is 16.6 Å². The summed E-state index contributed by atoms with van der Waals surface area (Å²) in [6.45, 7) is 9.17. The molecule has 0 saturated carbocycles. The van der Waals surface area contributed by atoms with Gasteiger partial charge in [0.2, 0.25) is 0 Å². The lowest BCUT2D eigenvalue weighted by Gasteiger charge is -2.36. The van der Waals surface area contributed by atoms with Crippen LogP contribution in [0, 0.1) is 0 Å². The number of nitrogens with one attached hydrogen (secondary N) is 1. The molecule has 8 heteroatoms. The molecule has 2 aliphatic rings. The molecule has 3 heterocycles. The molecule has 5 rings (SSSR count). The van der Waals surface area contributed by atoms with Crippen molar-refractivity contribution in [2.24, 2.45) is 0 Å². The highest BCUT2D eigenvalue weighted by molar-refractivity contribution is 5.92. The molecule has 0 spiro atoms. The molecule has 0 radical (unpaired) electrons. The van der Waals surface area contributed by atoms with Gasteiger partial charge in [0.1, 0.15) is 12.4 Å². The number of piperazine rings is 2. The SMILES string of the molecule is COc1cccc(CN2CCN(CCOC(=O)N3CCN(c4cccc5[nH]ccc45)CC3)CC2)c1. The predicted molar refractivity (Wildman–Crippen MR) is 138 cm³/mol. The Bertz CT molecular complexity index is 1120. The van der Waals surface area contributed by atoms with Crippen molar-refractivity contribution in [3.8, 4) is 5.75 Å². The maximum Gasteiger partial charge on any atom is 0.409 e. The number of hydrogen-bond acceptors (Lipinski definition) is 6.